The molecule has 0 spiro atoms. The Hall–Kier alpha value is -1.60. The molecule has 6 nitrogen and oxygen atoms in total. The van der Waals surface area contributed by atoms with E-state index in [2.05, 4.69) is 10.6 Å². The summed E-state index contributed by atoms with van der Waals surface area (Å²) < 4.78 is 25.5. The van der Waals surface area contributed by atoms with Gasteiger partial charge in [0.15, 0.2) is 0 Å². The number of hydrogen-bond donors (Lipinski definition) is 2. The van der Waals surface area contributed by atoms with Crippen molar-refractivity contribution in [3.05, 3.63) is 23.8 Å². The van der Waals surface area contributed by atoms with E-state index in [0.717, 1.165) is 4.31 Å². The van der Waals surface area contributed by atoms with Crippen LogP contribution in [0.3, 0.4) is 0 Å². The van der Waals surface area contributed by atoms with Gasteiger partial charge < -0.3 is 10.6 Å². The molecule has 2 N–H and O–H groups in total. The minimum atomic E-state index is -3.53. The zero-order chi connectivity index (χ0) is 15.5. The van der Waals surface area contributed by atoms with Gasteiger partial charge in [-0.2, -0.15) is 0 Å². The van der Waals surface area contributed by atoms with Crippen molar-refractivity contribution in [2.45, 2.75) is 31.7 Å². The highest BCUT2D eigenvalue weighted by Gasteiger charge is 2.20. The van der Waals surface area contributed by atoms with Crippen LogP contribution < -0.4 is 10.6 Å². The second kappa shape index (κ2) is 6.23. The van der Waals surface area contributed by atoms with Gasteiger partial charge in [0, 0.05) is 25.8 Å². The van der Waals surface area contributed by atoms with Gasteiger partial charge in [0.25, 0.3) is 0 Å². The molecule has 7 heteroatoms. The third kappa shape index (κ3) is 3.94. The number of urea groups is 1. The molecule has 0 unspecified atom stereocenters. The average molecular weight is 299 g/mol. The zero-order valence-electron chi connectivity index (χ0n) is 12.4. The highest BCUT2D eigenvalue weighted by Crippen LogP contribution is 2.22. The van der Waals surface area contributed by atoms with Gasteiger partial charge in [0.1, 0.15) is 0 Å². The maximum Gasteiger partial charge on any atom is 0.319 e. The molecule has 0 aliphatic heterocycles. The Labute approximate surface area is 120 Å². The van der Waals surface area contributed by atoms with Crippen LogP contribution in [0.2, 0.25) is 0 Å². The smallest absolute Gasteiger partial charge is 0.319 e. The van der Waals surface area contributed by atoms with Crippen molar-refractivity contribution < 1.29 is 13.2 Å². The van der Waals surface area contributed by atoms with Crippen LogP contribution in [0.4, 0.5) is 10.5 Å². The van der Waals surface area contributed by atoms with Crippen molar-refractivity contribution in [2.24, 2.45) is 0 Å². The summed E-state index contributed by atoms with van der Waals surface area (Å²) >= 11 is 0. The summed E-state index contributed by atoms with van der Waals surface area (Å²) in [5.41, 5.74) is 1.07. The first-order valence-electron chi connectivity index (χ1n) is 6.25. The number of aryl methyl sites for hydroxylation is 1. The summed E-state index contributed by atoms with van der Waals surface area (Å²) in [5.74, 6) is 0. The Bertz CT molecular complexity index is 595. The Balaban J connectivity index is 3.07. The van der Waals surface area contributed by atoms with E-state index in [1.165, 1.54) is 20.2 Å². The number of hydrogen-bond acceptors (Lipinski definition) is 3. The van der Waals surface area contributed by atoms with E-state index in [4.69, 9.17) is 0 Å². The summed E-state index contributed by atoms with van der Waals surface area (Å²) in [6.07, 6.45) is 0. The summed E-state index contributed by atoms with van der Waals surface area (Å²) in [4.78, 5) is 11.8. The Kier molecular flexibility index (Phi) is 5.13. The van der Waals surface area contributed by atoms with E-state index in [1.54, 1.807) is 19.1 Å². The number of nitrogens with zero attached hydrogens (tertiary/aromatic N) is 1. The van der Waals surface area contributed by atoms with Crippen LogP contribution in [0, 0.1) is 6.92 Å². The molecule has 0 aromatic heterocycles. The Morgan fingerprint density at radius 1 is 1.25 bits per heavy atom. The monoisotopic (exact) mass is 299 g/mol. The maximum absolute atomic E-state index is 12.2. The van der Waals surface area contributed by atoms with Gasteiger partial charge in [0.2, 0.25) is 10.0 Å². The second-order valence-electron chi connectivity index (χ2n) is 5.02. The molecule has 0 bridgehead atoms. The van der Waals surface area contributed by atoms with E-state index in [1.807, 2.05) is 13.8 Å². The van der Waals surface area contributed by atoms with Gasteiger partial charge in [-0.1, -0.05) is 6.07 Å². The molecule has 0 heterocycles. The highest BCUT2D eigenvalue weighted by atomic mass is 32.2. The molecular weight excluding hydrogens is 278 g/mol. The van der Waals surface area contributed by atoms with Crippen LogP contribution in [0.25, 0.3) is 0 Å². The third-order valence-electron chi connectivity index (χ3n) is 2.62. The summed E-state index contributed by atoms with van der Waals surface area (Å²) in [6.45, 7) is 5.40. The van der Waals surface area contributed by atoms with Gasteiger partial charge in [-0.25, -0.2) is 17.5 Å². The van der Waals surface area contributed by atoms with Crippen LogP contribution in [0.1, 0.15) is 19.4 Å². The fraction of sp³-hybridized carbons (Fsp3) is 0.462. The number of anilines is 1. The molecular formula is C13H21N3O3S. The number of carbonyl (C=O) groups is 1. The molecule has 0 atom stereocenters. The fourth-order valence-corrected chi connectivity index (χ4v) is 2.73. The van der Waals surface area contributed by atoms with Crippen LogP contribution in [0.15, 0.2) is 23.1 Å². The molecule has 1 aromatic carbocycles. The molecule has 0 saturated carbocycles. The second-order valence-corrected chi connectivity index (χ2v) is 7.14. The summed E-state index contributed by atoms with van der Waals surface area (Å²) in [6, 6.07) is 4.44. The molecule has 0 saturated heterocycles. The number of sulfonamides is 1. The van der Waals surface area contributed by atoms with Gasteiger partial charge in [-0.05, 0) is 38.5 Å². The topological polar surface area (TPSA) is 78.5 Å². The lowest BCUT2D eigenvalue weighted by Gasteiger charge is -2.15. The lowest BCUT2D eigenvalue weighted by atomic mass is 10.2. The maximum atomic E-state index is 12.2. The van der Waals surface area contributed by atoms with Crippen LogP contribution >= 0.6 is 0 Å². The predicted molar refractivity (Wildman–Crippen MR) is 79.3 cm³/mol. The summed E-state index contributed by atoms with van der Waals surface area (Å²) in [5, 5.41) is 5.30. The predicted octanol–water partition coefficient (Wildman–Crippen LogP) is 1.78. The average Bonchev–Trinajstić information content (AvgIpc) is 2.30. The van der Waals surface area contributed by atoms with Crippen LogP contribution in [0.5, 0.6) is 0 Å². The molecule has 20 heavy (non-hydrogen) atoms. The zero-order valence-corrected chi connectivity index (χ0v) is 13.2. The molecule has 0 aliphatic rings. The van der Waals surface area contributed by atoms with E-state index in [9.17, 15) is 13.2 Å². The van der Waals surface area contributed by atoms with Gasteiger partial charge in [0.05, 0.1) is 4.90 Å². The third-order valence-corrected chi connectivity index (χ3v) is 4.58. The van der Waals surface area contributed by atoms with Crippen molar-refractivity contribution in [2.75, 3.05) is 19.4 Å². The quantitative estimate of drug-likeness (QED) is 0.889. The molecule has 1 aromatic rings. The van der Waals surface area contributed by atoms with E-state index in [-0.39, 0.29) is 17.0 Å². The molecule has 0 aliphatic carbocycles. The SMILES string of the molecule is Cc1ccc(NC(=O)NC(C)C)cc1S(=O)(=O)N(C)C. The number of amides is 2. The first-order chi connectivity index (χ1) is 9.14. The van der Waals surface area contributed by atoms with Crippen LogP contribution in [-0.2, 0) is 10.0 Å². The van der Waals surface area contributed by atoms with Gasteiger partial charge in [-0.3, -0.25) is 0 Å². The van der Waals surface area contributed by atoms with Crippen molar-refractivity contribution in [1.82, 2.24) is 9.62 Å². The van der Waals surface area contributed by atoms with E-state index >= 15 is 0 Å². The number of nitrogens with one attached hydrogen (secondary N) is 2. The largest absolute Gasteiger partial charge is 0.336 e. The van der Waals surface area contributed by atoms with Crippen molar-refractivity contribution in [3.8, 4) is 0 Å². The fourth-order valence-electron chi connectivity index (χ4n) is 1.58. The lowest BCUT2D eigenvalue weighted by molar-refractivity contribution is 0.250. The minimum Gasteiger partial charge on any atom is -0.336 e. The number of rotatable bonds is 4. The lowest BCUT2D eigenvalue weighted by Crippen LogP contribution is -2.34. The molecule has 112 valence electrons. The van der Waals surface area contributed by atoms with Gasteiger partial charge in [-0.15, -0.1) is 0 Å². The number of carbonyl (C=O) groups excluding carboxylic acids is 1. The normalized spacial score (nSPS) is 11.8. The number of benzene rings is 1. The molecule has 0 fully saturated rings. The molecule has 2 amide bonds. The van der Waals surface area contributed by atoms with E-state index < -0.39 is 10.0 Å². The molecule has 0 radical (unpaired) electrons. The van der Waals surface area contributed by atoms with Crippen molar-refractivity contribution in [3.63, 3.8) is 0 Å². The molecule has 1 rings (SSSR count). The van der Waals surface area contributed by atoms with Gasteiger partial charge >= 0.3 is 6.03 Å². The van der Waals surface area contributed by atoms with E-state index in [0.29, 0.717) is 11.3 Å². The van der Waals surface area contributed by atoms with Crippen molar-refractivity contribution in [1.29, 1.82) is 0 Å². The van der Waals surface area contributed by atoms with Crippen molar-refractivity contribution >= 4 is 21.7 Å². The van der Waals surface area contributed by atoms with Crippen LogP contribution in [-0.4, -0.2) is 38.9 Å². The Morgan fingerprint density at radius 3 is 2.35 bits per heavy atom. The first-order valence-corrected chi connectivity index (χ1v) is 7.69. The first kappa shape index (κ1) is 16.5. The summed E-state index contributed by atoms with van der Waals surface area (Å²) in [7, 11) is -0.582. The highest BCUT2D eigenvalue weighted by molar-refractivity contribution is 7.89. The Morgan fingerprint density at radius 2 is 1.85 bits per heavy atom. The minimum absolute atomic E-state index is 0.00502. The standard InChI is InChI=1S/C13H21N3O3S/c1-9(2)14-13(17)15-11-7-6-10(3)12(8-11)20(18,19)16(4)5/h6-9H,1-5H3,(H2,14,15,17).